The van der Waals surface area contributed by atoms with Crippen LogP contribution in [0.2, 0.25) is 0 Å². The van der Waals surface area contributed by atoms with E-state index < -0.39 is 9.84 Å². The van der Waals surface area contributed by atoms with Crippen molar-refractivity contribution in [1.82, 2.24) is 5.32 Å². The van der Waals surface area contributed by atoms with Gasteiger partial charge >= 0.3 is 0 Å². The van der Waals surface area contributed by atoms with Crippen LogP contribution in [0.4, 0.5) is 5.69 Å². The predicted molar refractivity (Wildman–Crippen MR) is 83.9 cm³/mol. The molecule has 0 fully saturated rings. The number of sulfone groups is 1. The van der Waals surface area contributed by atoms with Crippen molar-refractivity contribution in [3.8, 4) is 0 Å². The van der Waals surface area contributed by atoms with E-state index in [2.05, 4.69) is 29.3 Å². The van der Waals surface area contributed by atoms with Crippen molar-refractivity contribution in [3.63, 3.8) is 0 Å². The molecule has 1 N–H and O–H groups in total. The SMILES string of the molecule is CCC1CN(CCS(=O)(=O)CC)c2ccccc2CN1. The molecule has 1 unspecified atom stereocenters. The second-order valence-electron chi connectivity index (χ2n) is 5.30. The lowest BCUT2D eigenvalue weighted by Crippen LogP contribution is -2.39. The van der Waals surface area contributed by atoms with Crippen LogP contribution in [0.5, 0.6) is 0 Å². The summed E-state index contributed by atoms with van der Waals surface area (Å²) in [5, 5.41) is 3.54. The summed E-state index contributed by atoms with van der Waals surface area (Å²) in [6, 6.07) is 8.67. The normalized spacial score (nSPS) is 19.5. The van der Waals surface area contributed by atoms with Crippen LogP contribution in [0, 0.1) is 0 Å². The fourth-order valence-electron chi connectivity index (χ4n) is 2.53. The van der Waals surface area contributed by atoms with Crippen LogP contribution in [-0.2, 0) is 16.4 Å². The highest BCUT2D eigenvalue weighted by Gasteiger charge is 2.21. The number of hydrogen-bond acceptors (Lipinski definition) is 4. The van der Waals surface area contributed by atoms with Crippen molar-refractivity contribution in [1.29, 1.82) is 0 Å². The van der Waals surface area contributed by atoms with Crippen LogP contribution in [0.15, 0.2) is 24.3 Å². The third-order valence-corrected chi connectivity index (χ3v) is 5.64. The van der Waals surface area contributed by atoms with Gasteiger partial charge in [0.05, 0.1) is 5.75 Å². The Bertz CT molecular complexity index is 543. The van der Waals surface area contributed by atoms with Gasteiger partial charge in [0.2, 0.25) is 0 Å². The molecule has 0 bridgehead atoms. The molecule has 20 heavy (non-hydrogen) atoms. The maximum Gasteiger partial charge on any atom is 0.151 e. The van der Waals surface area contributed by atoms with Crippen LogP contribution < -0.4 is 10.2 Å². The van der Waals surface area contributed by atoms with E-state index in [1.165, 1.54) is 11.3 Å². The fourth-order valence-corrected chi connectivity index (χ4v) is 3.32. The topological polar surface area (TPSA) is 49.4 Å². The lowest BCUT2D eigenvalue weighted by molar-refractivity contribution is 0.504. The Morgan fingerprint density at radius 3 is 2.75 bits per heavy atom. The van der Waals surface area contributed by atoms with E-state index >= 15 is 0 Å². The van der Waals surface area contributed by atoms with E-state index in [4.69, 9.17) is 0 Å². The highest BCUT2D eigenvalue weighted by atomic mass is 32.2. The summed E-state index contributed by atoms with van der Waals surface area (Å²) in [7, 11) is -2.92. The van der Waals surface area contributed by atoms with Crippen molar-refractivity contribution in [3.05, 3.63) is 29.8 Å². The number of hydrogen-bond donors (Lipinski definition) is 1. The summed E-state index contributed by atoms with van der Waals surface area (Å²) in [5.74, 6) is 0.451. The Morgan fingerprint density at radius 1 is 1.30 bits per heavy atom. The third kappa shape index (κ3) is 3.73. The Hall–Kier alpha value is -1.07. The van der Waals surface area contributed by atoms with Gasteiger partial charge in [-0.15, -0.1) is 0 Å². The van der Waals surface area contributed by atoms with Gasteiger partial charge in [-0.25, -0.2) is 8.42 Å². The van der Waals surface area contributed by atoms with Gasteiger partial charge in [-0.3, -0.25) is 0 Å². The van der Waals surface area contributed by atoms with Crippen molar-refractivity contribution in [2.45, 2.75) is 32.9 Å². The highest BCUT2D eigenvalue weighted by Crippen LogP contribution is 2.23. The summed E-state index contributed by atoms with van der Waals surface area (Å²) in [6.45, 7) is 6.17. The number of benzene rings is 1. The zero-order chi connectivity index (χ0) is 14.6. The third-order valence-electron chi connectivity index (χ3n) is 3.96. The summed E-state index contributed by atoms with van der Waals surface area (Å²) in [4.78, 5) is 2.22. The molecule has 1 aromatic carbocycles. The first kappa shape index (κ1) is 15.3. The van der Waals surface area contributed by atoms with Gasteiger partial charge in [-0.2, -0.15) is 0 Å². The van der Waals surface area contributed by atoms with Crippen LogP contribution in [-0.4, -0.2) is 39.1 Å². The molecule has 2 rings (SSSR count). The van der Waals surface area contributed by atoms with Gasteiger partial charge in [0, 0.05) is 37.1 Å². The lowest BCUT2D eigenvalue weighted by Gasteiger charge is -2.27. The first-order valence-corrected chi connectivity index (χ1v) is 9.14. The van der Waals surface area contributed by atoms with Crippen molar-refractivity contribution >= 4 is 15.5 Å². The Kier molecular flexibility index (Phi) is 5.05. The minimum atomic E-state index is -2.92. The average molecular weight is 296 g/mol. The van der Waals surface area contributed by atoms with Gasteiger partial charge in [-0.1, -0.05) is 32.0 Å². The van der Waals surface area contributed by atoms with Crippen LogP contribution in [0.3, 0.4) is 0 Å². The molecule has 0 aromatic heterocycles. The van der Waals surface area contributed by atoms with Crippen molar-refractivity contribution in [2.24, 2.45) is 0 Å². The Morgan fingerprint density at radius 2 is 2.05 bits per heavy atom. The molecule has 0 aliphatic carbocycles. The molecule has 5 heteroatoms. The van der Waals surface area contributed by atoms with Crippen molar-refractivity contribution in [2.75, 3.05) is 29.5 Å². The summed E-state index contributed by atoms with van der Waals surface area (Å²) in [5.41, 5.74) is 2.42. The van der Waals surface area contributed by atoms with Crippen molar-refractivity contribution < 1.29 is 8.42 Å². The van der Waals surface area contributed by atoms with Gasteiger partial charge in [0.1, 0.15) is 0 Å². The molecule has 0 saturated carbocycles. The minimum Gasteiger partial charge on any atom is -0.369 e. The van der Waals surface area contributed by atoms with Gasteiger partial charge < -0.3 is 10.2 Å². The lowest BCUT2D eigenvalue weighted by atomic mass is 10.1. The van der Waals surface area contributed by atoms with Crippen LogP contribution in [0.1, 0.15) is 25.8 Å². The average Bonchev–Trinajstić information content (AvgIpc) is 2.65. The first-order valence-electron chi connectivity index (χ1n) is 7.32. The maximum atomic E-state index is 11.7. The molecular weight excluding hydrogens is 272 g/mol. The zero-order valence-electron chi connectivity index (χ0n) is 12.3. The van der Waals surface area contributed by atoms with Crippen LogP contribution >= 0.6 is 0 Å². The molecule has 0 amide bonds. The number of para-hydroxylation sites is 1. The molecule has 1 atom stereocenters. The van der Waals surface area contributed by atoms with E-state index in [0.29, 0.717) is 12.6 Å². The molecule has 0 spiro atoms. The Labute approximate surface area is 122 Å². The molecular formula is C15H24N2O2S. The first-order chi connectivity index (χ1) is 9.55. The number of anilines is 1. The van der Waals surface area contributed by atoms with Gasteiger partial charge in [0.25, 0.3) is 0 Å². The summed E-state index contributed by atoms with van der Waals surface area (Å²) < 4.78 is 23.5. The molecule has 1 aromatic rings. The van der Waals surface area contributed by atoms with Crippen LogP contribution in [0.25, 0.3) is 0 Å². The molecule has 1 heterocycles. The second-order valence-corrected chi connectivity index (χ2v) is 7.77. The molecule has 1 aliphatic rings. The summed E-state index contributed by atoms with van der Waals surface area (Å²) >= 11 is 0. The van der Waals surface area contributed by atoms with Gasteiger partial charge in [-0.05, 0) is 18.1 Å². The molecule has 4 nitrogen and oxygen atoms in total. The maximum absolute atomic E-state index is 11.7. The molecule has 112 valence electrons. The van der Waals surface area contributed by atoms with E-state index in [9.17, 15) is 8.42 Å². The van der Waals surface area contributed by atoms with Gasteiger partial charge in [0.15, 0.2) is 9.84 Å². The number of nitrogens with one attached hydrogen (secondary N) is 1. The van der Waals surface area contributed by atoms with E-state index in [-0.39, 0.29) is 11.5 Å². The van der Waals surface area contributed by atoms with E-state index in [1.807, 2.05) is 12.1 Å². The largest absolute Gasteiger partial charge is 0.369 e. The number of fused-ring (bicyclic) bond motifs is 1. The fraction of sp³-hybridized carbons (Fsp3) is 0.600. The molecule has 1 aliphatic heterocycles. The number of nitrogens with zero attached hydrogens (tertiary/aromatic N) is 1. The zero-order valence-corrected chi connectivity index (χ0v) is 13.1. The predicted octanol–water partition coefficient (Wildman–Crippen LogP) is 1.81. The Balaban J connectivity index is 2.19. The number of rotatable bonds is 5. The highest BCUT2D eigenvalue weighted by molar-refractivity contribution is 7.91. The minimum absolute atomic E-state index is 0.220. The van der Waals surface area contributed by atoms with E-state index in [1.54, 1.807) is 6.92 Å². The summed E-state index contributed by atoms with van der Waals surface area (Å²) in [6.07, 6.45) is 1.05. The quantitative estimate of drug-likeness (QED) is 0.900. The molecule has 0 radical (unpaired) electrons. The monoisotopic (exact) mass is 296 g/mol. The van der Waals surface area contributed by atoms with E-state index in [0.717, 1.165) is 19.5 Å². The second kappa shape index (κ2) is 6.59. The smallest absolute Gasteiger partial charge is 0.151 e. The molecule has 0 saturated heterocycles. The standard InChI is InChI=1S/C15H24N2O2S/c1-3-14-12-17(9-10-20(18,19)4-2)15-8-6-5-7-13(15)11-16-14/h5-8,14,16H,3-4,9-12H2,1-2H3.